The molecule has 0 amide bonds. The quantitative estimate of drug-likeness (QED) is 0.857. The zero-order valence-electron chi connectivity index (χ0n) is 11.1. The Kier molecular flexibility index (Phi) is 4.22. The maximum Gasteiger partial charge on any atom is 0.167 e. The number of hydrogen-bond acceptors (Lipinski definition) is 3. The molecular weight excluding hydrogens is 296 g/mol. The minimum absolute atomic E-state index is 0.158. The van der Waals surface area contributed by atoms with E-state index in [0.717, 1.165) is 35.1 Å². The summed E-state index contributed by atoms with van der Waals surface area (Å²) in [6.45, 7) is 4.07. The van der Waals surface area contributed by atoms with Crippen molar-refractivity contribution in [3.63, 3.8) is 0 Å². The Morgan fingerprint density at radius 1 is 1.56 bits per heavy atom. The number of carbonyl (C=O) groups is 1. The number of hydrogen-bond donors (Lipinski definition) is 0. The molecule has 2 rings (SSSR count). The predicted molar refractivity (Wildman–Crippen MR) is 72.6 cm³/mol. The van der Waals surface area contributed by atoms with Gasteiger partial charge in [0, 0.05) is 7.05 Å². The van der Waals surface area contributed by atoms with Gasteiger partial charge in [-0.2, -0.15) is 5.10 Å². The number of halogens is 1. The summed E-state index contributed by atoms with van der Waals surface area (Å²) >= 11 is 3.53. The van der Waals surface area contributed by atoms with Crippen molar-refractivity contribution < 1.29 is 9.53 Å². The van der Waals surface area contributed by atoms with Gasteiger partial charge in [-0.3, -0.25) is 9.48 Å². The number of rotatable bonds is 4. The Morgan fingerprint density at radius 2 is 2.28 bits per heavy atom. The van der Waals surface area contributed by atoms with Crippen LogP contribution < -0.4 is 0 Å². The highest BCUT2D eigenvalue weighted by molar-refractivity contribution is 9.10. The van der Waals surface area contributed by atoms with Gasteiger partial charge in [0.1, 0.15) is 6.10 Å². The maximum absolute atomic E-state index is 12.2. The van der Waals surface area contributed by atoms with Crippen molar-refractivity contribution in [2.45, 2.75) is 51.7 Å². The van der Waals surface area contributed by atoms with Crippen LogP contribution in [0, 0.1) is 0 Å². The van der Waals surface area contributed by atoms with E-state index in [4.69, 9.17) is 4.74 Å². The molecule has 0 saturated carbocycles. The number of Topliss-reactive ketones (excluding diaryl/α,β-unsaturated/α-hetero) is 1. The van der Waals surface area contributed by atoms with Gasteiger partial charge in [-0.15, -0.1) is 0 Å². The monoisotopic (exact) mass is 314 g/mol. The topological polar surface area (TPSA) is 44.1 Å². The Balaban J connectivity index is 2.09. The lowest BCUT2D eigenvalue weighted by atomic mass is 10.1. The van der Waals surface area contributed by atoms with E-state index in [1.807, 2.05) is 14.0 Å². The van der Waals surface area contributed by atoms with Gasteiger partial charge < -0.3 is 4.74 Å². The van der Waals surface area contributed by atoms with Crippen molar-refractivity contribution >= 4 is 21.7 Å². The van der Waals surface area contributed by atoms with E-state index in [2.05, 4.69) is 28.0 Å². The van der Waals surface area contributed by atoms with Crippen LogP contribution in [0.2, 0.25) is 0 Å². The molecule has 100 valence electrons. The summed E-state index contributed by atoms with van der Waals surface area (Å²) in [7, 11) is 1.88. The highest BCUT2D eigenvalue weighted by Crippen LogP contribution is 2.25. The molecule has 0 aliphatic carbocycles. The zero-order valence-corrected chi connectivity index (χ0v) is 12.7. The molecule has 0 spiro atoms. The number of carbonyl (C=O) groups excluding carboxylic acids is 1. The molecule has 0 bridgehead atoms. The molecule has 1 saturated heterocycles. The number of aryl methyl sites for hydroxylation is 2. The summed E-state index contributed by atoms with van der Waals surface area (Å²) in [6, 6.07) is 0. The van der Waals surface area contributed by atoms with Crippen LogP contribution in [-0.2, 0) is 29.4 Å². The molecule has 2 heterocycles. The van der Waals surface area contributed by atoms with Gasteiger partial charge in [0.15, 0.2) is 5.78 Å². The lowest BCUT2D eigenvalue weighted by Gasteiger charge is -2.10. The highest BCUT2D eigenvalue weighted by atomic mass is 79.9. The maximum atomic E-state index is 12.2. The van der Waals surface area contributed by atoms with E-state index in [-0.39, 0.29) is 18.0 Å². The molecule has 18 heavy (non-hydrogen) atoms. The second-order valence-electron chi connectivity index (χ2n) is 4.84. The van der Waals surface area contributed by atoms with Gasteiger partial charge >= 0.3 is 0 Å². The van der Waals surface area contributed by atoms with E-state index >= 15 is 0 Å². The minimum atomic E-state index is -0.230. The van der Waals surface area contributed by atoms with Gasteiger partial charge in [0.2, 0.25) is 0 Å². The summed E-state index contributed by atoms with van der Waals surface area (Å²) in [5, 5.41) is 4.40. The molecule has 1 aromatic heterocycles. The van der Waals surface area contributed by atoms with Gasteiger partial charge in [-0.05, 0) is 42.1 Å². The average Bonchev–Trinajstić information content (AvgIpc) is 2.87. The summed E-state index contributed by atoms with van der Waals surface area (Å²) in [5.74, 6) is 0.158. The molecular formula is C13H19BrN2O2. The summed E-state index contributed by atoms with van der Waals surface area (Å²) in [5.41, 5.74) is 1.95. The normalized spacial score (nSPS) is 23.6. The fourth-order valence-electron chi connectivity index (χ4n) is 2.33. The van der Waals surface area contributed by atoms with Crippen LogP contribution in [0.25, 0.3) is 0 Å². The fraction of sp³-hybridized carbons (Fsp3) is 0.692. The Morgan fingerprint density at radius 3 is 2.78 bits per heavy atom. The number of aromatic nitrogens is 2. The lowest BCUT2D eigenvalue weighted by molar-refractivity contribution is -0.128. The minimum Gasteiger partial charge on any atom is -0.367 e. The number of nitrogens with zero attached hydrogens (tertiary/aromatic N) is 2. The van der Waals surface area contributed by atoms with Crippen molar-refractivity contribution in [1.82, 2.24) is 9.78 Å². The third kappa shape index (κ3) is 2.67. The van der Waals surface area contributed by atoms with Crippen LogP contribution in [0.1, 0.15) is 38.1 Å². The SMILES string of the molecule is CCc1nn(C)c(CC(=O)C2CCC(C)O2)c1Br. The molecule has 1 aliphatic rings. The first-order chi connectivity index (χ1) is 8.52. The van der Waals surface area contributed by atoms with Crippen LogP contribution in [0.4, 0.5) is 0 Å². The van der Waals surface area contributed by atoms with E-state index < -0.39 is 0 Å². The molecule has 5 heteroatoms. The van der Waals surface area contributed by atoms with Crippen molar-refractivity contribution in [1.29, 1.82) is 0 Å². The number of ketones is 1. The first kappa shape index (κ1) is 13.7. The molecule has 1 fully saturated rings. The summed E-state index contributed by atoms with van der Waals surface area (Å²) in [6.07, 6.45) is 3.05. The summed E-state index contributed by atoms with van der Waals surface area (Å²) < 4.78 is 8.37. The van der Waals surface area contributed by atoms with Gasteiger partial charge in [0.25, 0.3) is 0 Å². The average molecular weight is 315 g/mol. The third-order valence-electron chi connectivity index (χ3n) is 3.44. The molecule has 4 nitrogen and oxygen atoms in total. The zero-order chi connectivity index (χ0) is 13.3. The molecule has 0 N–H and O–H groups in total. The highest BCUT2D eigenvalue weighted by Gasteiger charge is 2.29. The fourth-order valence-corrected chi connectivity index (χ4v) is 3.09. The van der Waals surface area contributed by atoms with Crippen LogP contribution in [0.15, 0.2) is 4.47 Å². The second-order valence-corrected chi connectivity index (χ2v) is 5.63. The second kappa shape index (κ2) is 5.53. The van der Waals surface area contributed by atoms with E-state index in [9.17, 15) is 4.79 Å². The van der Waals surface area contributed by atoms with E-state index in [1.54, 1.807) is 4.68 Å². The number of ether oxygens (including phenoxy) is 1. The Bertz CT molecular complexity index is 456. The van der Waals surface area contributed by atoms with Crippen LogP contribution in [0.5, 0.6) is 0 Å². The van der Waals surface area contributed by atoms with Crippen LogP contribution in [0.3, 0.4) is 0 Å². The Hall–Kier alpha value is -0.680. The van der Waals surface area contributed by atoms with Crippen molar-refractivity contribution in [2.75, 3.05) is 0 Å². The van der Waals surface area contributed by atoms with E-state index in [1.165, 1.54) is 0 Å². The molecule has 1 aromatic rings. The molecule has 1 aliphatic heterocycles. The van der Waals surface area contributed by atoms with Gasteiger partial charge in [-0.25, -0.2) is 0 Å². The molecule has 2 unspecified atom stereocenters. The molecule has 2 atom stereocenters. The largest absolute Gasteiger partial charge is 0.367 e. The molecule has 0 aromatic carbocycles. The third-order valence-corrected chi connectivity index (χ3v) is 4.35. The van der Waals surface area contributed by atoms with Crippen LogP contribution >= 0.6 is 15.9 Å². The van der Waals surface area contributed by atoms with Crippen molar-refractivity contribution in [2.24, 2.45) is 7.05 Å². The van der Waals surface area contributed by atoms with E-state index in [0.29, 0.717) is 6.42 Å². The van der Waals surface area contributed by atoms with Crippen molar-refractivity contribution in [3.8, 4) is 0 Å². The lowest BCUT2D eigenvalue weighted by Crippen LogP contribution is -2.23. The first-order valence-corrected chi connectivity index (χ1v) is 7.20. The Labute approximate surface area is 116 Å². The first-order valence-electron chi connectivity index (χ1n) is 6.41. The molecule has 0 radical (unpaired) electrons. The van der Waals surface area contributed by atoms with Crippen molar-refractivity contribution in [3.05, 3.63) is 15.9 Å². The standard InChI is InChI=1S/C13H19BrN2O2/c1-4-9-13(14)10(16(3)15-9)7-11(17)12-6-5-8(2)18-12/h8,12H,4-7H2,1-3H3. The smallest absolute Gasteiger partial charge is 0.167 e. The van der Waals surface area contributed by atoms with Gasteiger partial charge in [-0.1, -0.05) is 6.92 Å². The summed E-state index contributed by atoms with van der Waals surface area (Å²) in [4.78, 5) is 12.2. The van der Waals surface area contributed by atoms with Crippen LogP contribution in [-0.4, -0.2) is 27.8 Å². The predicted octanol–water partition coefficient (Wildman–Crippen LogP) is 2.42. The van der Waals surface area contributed by atoms with Gasteiger partial charge in [0.05, 0.1) is 28.4 Å².